The van der Waals surface area contributed by atoms with Crippen molar-refractivity contribution in [1.82, 2.24) is 0 Å². The standard InChI is InChI=1S/C14H17ClO3S/c1-2-3-4-5-6-11-7-8-12(14(15)16)9-13(11)10-19(17)18/h4-5,7-9H,2-3,6,10H2,1H3,(H,17,18). The maximum absolute atomic E-state index is 11.1. The van der Waals surface area contributed by atoms with Gasteiger partial charge in [-0.05, 0) is 47.7 Å². The summed E-state index contributed by atoms with van der Waals surface area (Å²) < 4.78 is 20.0. The predicted octanol–water partition coefficient (Wildman–Crippen LogP) is 3.69. The number of rotatable bonds is 7. The number of hydrogen-bond donors (Lipinski definition) is 1. The Bertz CT molecular complexity index is 497. The fraction of sp³-hybridized carbons (Fsp3) is 0.357. The molecule has 1 unspecified atom stereocenters. The predicted molar refractivity (Wildman–Crippen MR) is 78.9 cm³/mol. The van der Waals surface area contributed by atoms with E-state index in [1.165, 1.54) is 0 Å². The molecule has 0 radical (unpaired) electrons. The van der Waals surface area contributed by atoms with Crippen molar-refractivity contribution in [3.05, 3.63) is 47.0 Å². The van der Waals surface area contributed by atoms with E-state index in [4.69, 9.17) is 16.2 Å². The Hall–Kier alpha value is -0.970. The molecule has 0 aromatic heterocycles. The number of halogens is 1. The molecule has 1 aromatic carbocycles. The van der Waals surface area contributed by atoms with Crippen LogP contribution in [0.4, 0.5) is 0 Å². The summed E-state index contributed by atoms with van der Waals surface area (Å²) >= 11 is 3.48. The minimum atomic E-state index is -1.94. The zero-order valence-electron chi connectivity index (χ0n) is 10.8. The minimum absolute atomic E-state index is 0.00889. The van der Waals surface area contributed by atoms with Gasteiger partial charge in [-0.3, -0.25) is 4.79 Å². The maximum Gasteiger partial charge on any atom is 0.252 e. The Morgan fingerprint density at radius 3 is 2.68 bits per heavy atom. The smallest absolute Gasteiger partial charge is 0.252 e. The average molecular weight is 301 g/mol. The SMILES string of the molecule is CCCC=CCc1ccc(C(=O)Cl)cc1CS(=O)O. The van der Waals surface area contributed by atoms with Gasteiger partial charge in [0.25, 0.3) is 5.24 Å². The Morgan fingerprint density at radius 2 is 2.11 bits per heavy atom. The van der Waals surface area contributed by atoms with Crippen LogP contribution < -0.4 is 0 Å². The van der Waals surface area contributed by atoms with Crippen molar-refractivity contribution in [3.63, 3.8) is 0 Å². The van der Waals surface area contributed by atoms with E-state index in [0.717, 1.165) is 18.4 Å². The first-order chi connectivity index (χ1) is 9.04. The van der Waals surface area contributed by atoms with Crippen molar-refractivity contribution >= 4 is 27.9 Å². The topological polar surface area (TPSA) is 54.4 Å². The Kier molecular flexibility index (Phi) is 6.99. The van der Waals surface area contributed by atoms with Gasteiger partial charge in [0.2, 0.25) is 0 Å². The molecule has 1 rings (SSSR count). The molecule has 0 aliphatic heterocycles. The fourth-order valence-corrected chi connectivity index (χ4v) is 2.36. The van der Waals surface area contributed by atoms with Gasteiger partial charge in [-0.2, -0.15) is 0 Å². The van der Waals surface area contributed by atoms with Gasteiger partial charge in [-0.15, -0.1) is 0 Å². The van der Waals surface area contributed by atoms with E-state index in [1.54, 1.807) is 18.2 Å². The van der Waals surface area contributed by atoms with E-state index < -0.39 is 16.3 Å². The summed E-state index contributed by atoms with van der Waals surface area (Å²) in [5.41, 5.74) is 1.98. The second kappa shape index (κ2) is 8.25. The summed E-state index contributed by atoms with van der Waals surface area (Å²) in [4.78, 5) is 11.1. The Labute approximate surface area is 121 Å². The molecule has 3 nitrogen and oxygen atoms in total. The van der Waals surface area contributed by atoms with Crippen LogP contribution in [-0.2, 0) is 23.3 Å². The number of allylic oxidation sites excluding steroid dienone is 2. The van der Waals surface area contributed by atoms with Crippen molar-refractivity contribution in [2.24, 2.45) is 0 Å². The number of carbonyl (C=O) groups excluding carboxylic acids is 1. The van der Waals surface area contributed by atoms with Crippen molar-refractivity contribution in [2.75, 3.05) is 0 Å². The second-order valence-corrected chi connectivity index (χ2v) is 5.46. The molecular weight excluding hydrogens is 284 g/mol. The molecule has 0 aliphatic rings. The second-order valence-electron chi connectivity index (χ2n) is 4.19. The fourth-order valence-electron chi connectivity index (χ4n) is 1.71. The van der Waals surface area contributed by atoms with Crippen LogP contribution in [0.2, 0.25) is 0 Å². The van der Waals surface area contributed by atoms with Crippen LogP contribution in [0.15, 0.2) is 30.4 Å². The zero-order valence-corrected chi connectivity index (χ0v) is 12.3. The molecular formula is C14H17ClO3S. The number of benzene rings is 1. The van der Waals surface area contributed by atoms with E-state index in [1.807, 2.05) is 6.08 Å². The van der Waals surface area contributed by atoms with E-state index >= 15 is 0 Å². The Morgan fingerprint density at radius 1 is 1.37 bits per heavy atom. The van der Waals surface area contributed by atoms with Gasteiger partial charge in [0.15, 0.2) is 11.1 Å². The maximum atomic E-state index is 11.1. The molecule has 104 valence electrons. The van der Waals surface area contributed by atoms with Crippen molar-refractivity contribution in [1.29, 1.82) is 0 Å². The molecule has 1 atom stereocenters. The molecule has 1 aromatic rings. The molecule has 0 fully saturated rings. The lowest BCUT2D eigenvalue weighted by molar-refractivity contribution is 0.108. The first kappa shape index (κ1) is 16.1. The van der Waals surface area contributed by atoms with Crippen LogP contribution in [0.25, 0.3) is 0 Å². The molecule has 19 heavy (non-hydrogen) atoms. The summed E-state index contributed by atoms with van der Waals surface area (Å²) in [5.74, 6) is 0.00889. The largest absolute Gasteiger partial charge is 0.306 e. The first-order valence-electron chi connectivity index (χ1n) is 6.08. The lowest BCUT2D eigenvalue weighted by atomic mass is 10.0. The summed E-state index contributed by atoms with van der Waals surface area (Å²) in [6, 6.07) is 5.02. The van der Waals surface area contributed by atoms with E-state index in [0.29, 0.717) is 17.5 Å². The van der Waals surface area contributed by atoms with Crippen LogP contribution in [0.5, 0.6) is 0 Å². The van der Waals surface area contributed by atoms with Crippen LogP contribution in [-0.4, -0.2) is 14.0 Å². The lowest BCUT2D eigenvalue weighted by Gasteiger charge is -2.07. The molecule has 0 amide bonds. The monoisotopic (exact) mass is 300 g/mol. The minimum Gasteiger partial charge on any atom is -0.306 e. The van der Waals surface area contributed by atoms with Gasteiger partial charge >= 0.3 is 0 Å². The summed E-state index contributed by atoms with van der Waals surface area (Å²) in [7, 11) is 0. The van der Waals surface area contributed by atoms with E-state index in [2.05, 4.69) is 13.0 Å². The molecule has 0 spiro atoms. The van der Waals surface area contributed by atoms with Gasteiger partial charge in [0, 0.05) is 5.56 Å². The molecule has 1 N–H and O–H groups in total. The van der Waals surface area contributed by atoms with E-state index in [-0.39, 0.29) is 5.75 Å². The summed E-state index contributed by atoms with van der Waals surface area (Å²) in [6.07, 6.45) is 6.90. The lowest BCUT2D eigenvalue weighted by Crippen LogP contribution is -2.01. The van der Waals surface area contributed by atoms with Gasteiger partial charge in [-0.25, -0.2) is 4.21 Å². The summed E-state index contributed by atoms with van der Waals surface area (Å²) in [5, 5.41) is -0.557. The highest BCUT2D eigenvalue weighted by Crippen LogP contribution is 2.17. The highest BCUT2D eigenvalue weighted by molar-refractivity contribution is 7.78. The number of carbonyl (C=O) groups is 1. The third-order valence-corrected chi connectivity index (χ3v) is 3.45. The normalized spacial score (nSPS) is 12.8. The van der Waals surface area contributed by atoms with Crippen LogP contribution in [0, 0.1) is 0 Å². The van der Waals surface area contributed by atoms with Gasteiger partial charge < -0.3 is 4.55 Å². The van der Waals surface area contributed by atoms with Crippen LogP contribution >= 0.6 is 11.6 Å². The molecule has 0 saturated heterocycles. The third kappa shape index (κ3) is 5.68. The first-order valence-corrected chi connectivity index (χ1v) is 7.74. The molecule has 0 bridgehead atoms. The highest BCUT2D eigenvalue weighted by Gasteiger charge is 2.09. The Balaban J connectivity index is 2.94. The van der Waals surface area contributed by atoms with Crippen molar-refractivity contribution in [3.8, 4) is 0 Å². The van der Waals surface area contributed by atoms with Gasteiger partial charge in [0.1, 0.15) is 0 Å². The zero-order chi connectivity index (χ0) is 14.3. The van der Waals surface area contributed by atoms with Gasteiger partial charge in [0.05, 0.1) is 5.75 Å². The van der Waals surface area contributed by atoms with E-state index in [9.17, 15) is 9.00 Å². The number of unbranched alkanes of at least 4 members (excludes halogenated alkanes) is 1. The quantitative estimate of drug-likeness (QED) is 0.475. The highest BCUT2D eigenvalue weighted by atomic mass is 35.5. The summed E-state index contributed by atoms with van der Waals surface area (Å²) in [6.45, 7) is 2.10. The van der Waals surface area contributed by atoms with Crippen LogP contribution in [0.1, 0.15) is 41.3 Å². The molecule has 0 aliphatic carbocycles. The number of hydrogen-bond acceptors (Lipinski definition) is 2. The van der Waals surface area contributed by atoms with Gasteiger partial charge in [-0.1, -0.05) is 31.6 Å². The molecule has 0 heterocycles. The third-order valence-electron chi connectivity index (χ3n) is 2.67. The molecule has 0 saturated carbocycles. The van der Waals surface area contributed by atoms with Crippen LogP contribution in [0.3, 0.4) is 0 Å². The van der Waals surface area contributed by atoms with Crippen molar-refractivity contribution < 1.29 is 13.6 Å². The average Bonchev–Trinajstić information content (AvgIpc) is 2.35. The van der Waals surface area contributed by atoms with Crippen molar-refractivity contribution in [2.45, 2.75) is 31.9 Å². The molecule has 5 heteroatoms.